The predicted molar refractivity (Wildman–Crippen MR) is 51.5 cm³/mol. The molecule has 0 saturated carbocycles. The highest BCUT2D eigenvalue weighted by molar-refractivity contribution is 5.30. The van der Waals surface area contributed by atoms with Crippen molar-refractivity contribution in [1.82, 2.24) is 0 Å². The molecule has 0 radical (unpaired) electrons. The summed E-state index contributed by atoms with van der Waals surface area (Å²) in [5.74, 6) is 0.0697. The second-order valence-electron chi connectivity index (χ2n) is 3.28. The van der Waals surface area contributed by atoms with Gasteiger partial charge in [0.2, 0.25) is 0 Å². The van der Waals surface area contributed by atoms with Crippen LogP contribution < -0.4 is 4.74 Å². The molecule has 0 spiro atoms. The van der Waals surface area contributed by atoms with Gasteiger partial charge in [0.05, 0.1) is 6.10 Å². The van der Waals surface area contributed by atoms with Crippen LogP contribution in [0.3, 0.4) is 0 Å². The number of ether oxygens (including phenoxy) is 1. The molecule has 0 N–H and O–H groups in total. The second-order valence-corrected chi connectivity index (χ2v) is 3.28. The maximum Gasteiger partial charge on any atom is 0.165 e. The highest BCUT2D eigenvalue weighted by Gasteiger charge is 2.05. The standard InChI is InChI=1S/C11H15FO/c1-4-9-5-6-10(12)11(7-9)13-8(2)3/h5-8H,4H2,1-3H3. The largest absolute Gasteiger partial charge is 0.488 e. The van der Waals surface area contributed by atoms with Crippen molar-refractivity contribution in [3.63, 3.8) is 0 Å². The van der Waals surface area contributed by atoms with Crippen molar-refractivity contribution < 1.29 is 9.13 Å². The topological polar surface area (TPSA) is 9.23 Å². The molecular weight excluding hydrogens is 167 g/mol. The van der Waals surface area contributed by atoms with E-state index >= 15 is 0 Å². The Labute approximate surface area is 78.5 Å². The summed E-state index contributed by atoms with van der Waals surface area (Å²) in [5.41, 5.74) is 1.09. The lowest BCUT2D eigenvalue weighted by Gasteiger charge is -2.11. The molecular formula is C11H15FO. The average molecular weight is 182 g/mol. The van der Waals surface area contributed by atoms with Crippen LogP contribution >= 0.6 is 0 Å². The molecule has 0 amide bonds. The Morgan fingerprint density at radius 1 is 1.38 bits per heavy atom. The molecule has 1 rings (SSSR count). The molecule has 2 heteroatoms. The van der Waals surface area contributed by atoms with E-state index in [-0.39, 0.29) is 11.9 Å². The summed E-state index contributed by atoms with van der Waals surface area (Å²) in [6.45, 7) is 5.81. The van der Waals surface area contributed by atoms with E-state index in [4.69, 9.17) is 4.74 Å². The first-order valence-electron chi connectivity index (χ1n) is 4.58. The Bertz CT molecular complexity index is 281. The molecule has 0 saturated heterocycles. The van der Waals surface area contributed by atoms with Gasteiger partial charge >= 0.3 is 0 Å². The first-order valence-corrected chi connectivity index (χ1v) is 4.58. The summed E-state index contributed by atoms with van der Waals surface area (Å²) in [7, 11) is 0. The molecule has 1 nitrogen and oxygen atoms in total. The van der Waals surface area contributed by atoms with Crippen LogP contribution in [-0.2, 0) is 6.42 Å². The summed E-state index contributed by atoms with van der Waals surface area (Å²) in [4.78, 5) is 0. The van der Waals surface area contributed by atoms with Crippen molar-refractivity contribution in [2.24, 2.45) is 0 Å². The third-order valence-electron chi connectivity index (χ3n) is 1.77. The first kappa shape index (κ1) is 10.0. The highest BCUT2D eigenvalue weighted by atomic mass is 19.1. The fourth-order valence-electron chi connectivity index (χ4n) is 1.11. The van der Waals surface area contributed by atoms with Gasteiger partial charge in [-0.15, -0.1) is 0 Å². The van der Waals surface area contributed by atoms with Gasteiger partial charge in [-0.25, -0.2) is 4.39 Å². The van der Waals surface area contributed by atoms with Crippen molar-refractivity contribution in [3.8, 4) is 5.75 Å². The van der Waals surface area contributed by atoms with Crippen molar-refractivity contribution >= 4 is 0 Å². The summed E-state index contributed by atoms with van der Waals surface area (Å²) in [6.07, 6.45) is 0.913. The molecule has 0 fully saturated rings. The molecule has 0 bridgehead atoms. The molecule has 1 aromatic rings. The number of hydrogen-bond acceptors (Lipinski definition) is 1. The average Bonchev–Trinajstić information content (AvgIpc) is 2.08. The third kappa shape index (κ3) is 2.72. The maximum absolute atomic E-state index is 13.1. The van der Waals surface area contributed by atoms with Crippen LogP contribution in [0.4, 0.5) is 4.39 Å². The lowest BCUT2D eigenvalue weighted by Crippen LogP contribution is -2.07. The SMILES string of the molecule is CCc1ccc(F)c(OC(C)C)c1. The van der Waals surface area contributed by atoms with Gasteiger partial charge in [-0.1, -0.05) is 13.0 Å². The minimum absolute atomic E-state index is 0.0154. The van der Waals surface area contributed by atoms with Gasteiger partial charge in [0.15, 0.2) is 11.6 Å². The number of benzene rings is 1. The molecule has 0 aromatic heterocycles. The van der Waals surface area contributed by atoms with Gasteiger partial charge in [0, 0.05) is 0 Å². The minimum atomic E-state index is -0.286. The number of halogens is 1. The molecule has 0 aliphatic heterocycles. The normalized spacial score (nSPS) is 10.5. The number of rotatable bonds is 3. The Balaban J connectivity index is 2.90. The quantitative estimate of drug-likeness (QED) is 0.697. The van der Waals surface area contributed by atoms with E-state index in [0.29, 0.717) is 5.75 Å². The zero-order chi connectivity index (χ0) is 9.84. The van der Waals surface area contributed by atoms with E-state index in [0.717, 1.165) is 12.0 Å². The van der Waals surface area contributed by atoms with Crippen molar-refractivity contribution in [3.05, 3.63) is 29.6 Å². The molecule has 0 atom stereocenters. The Morgan fingerprint density at radius 3 is 2.62 bits per heavy atom. The molecule has 13 heavy (non-hydrogen) atoms. The molecule has 0 aliphatic rings. The zero-order valence-corrected chi connectivity index (χ0v) is 8.30. The van der Waals surface area contributed by atoms with E-state index in [1.807, 2.05) is 20.8 Å². The lowest BCUT2D eigenvalue weighted by atomic mass is 10.1. The van der Waals surface area contributed by atoms with Gasteiger partial charge in [-0.05, 0) is 38.0 Å². The van der Waals surface area contributed by atoms with Crippen LogP contribution in [0.1, 0.15) is 26.3 Å². The second kappa shape index (κ2) is 4.26. The molecule has 72 valence electrons. The number of hydrogen-bond donors (Lipinski definition) is 0. The van der Waals surface area contributed by atoms with Crippen LogP contribution in [0.25, 0.3) is 0 Å². The first-order chi connectivity index (χ1) is 6.13. The maximum atomic E-state index is 13.1. The van der Waals surface area contributed by atoms with Crippen molar-refractivity contribution in [2.75, 3.05) is 0 Å². The van der Waals surface area contributed by atoms with Crippen molar-refractivity contribution in [1.29, 1.82) is 0 Å². The van der Waals surface area contributed by atoms with E-state index in [9.17, 15) is 4.39 Å². The predicted octanol–water partition coefficient (Wildman–Crippen LogP) is 3.18. The smallest absolute Gasteiger partial charge is 0.165 e. The Morgan fingerprint density at radius 2 is 2.08 bits per heavy atom. The van der Waals surface area contributed by atoms with Crippen LogP contribution in [0.5, 0.6) is 5.75 Å². The summed E-state index contributed by atoms with van der Waals surface area (Å²) >= 11 is 0. The summed E-state index contributed by atoms with van der Waals surface area (Å²) < 4.78 is 18.5. The van der Waals surface area contributed by atoms with Crippen LogP contribution in [0.2, 0.25) is 0 Å². The van der Waals surface area contributed by atoms with Crippen LogP contribution in [0.15, 0.2) is 18.2 Å². The molecule has 0 aliphatic carbocycles. The number of aryl methyl sites for hydroxylation is 1. The van der Waals surface area contributed by atoms with Gasteiger partial charge in [-0.3, -0.25) is 0 Å². The van der Waals surface area contributed by atoms with Gasteiger partial charge in [0.1, 0.15) is 0 Å². The van der Waals surface area contributed by atoms with Crippen molar-refractivity contribution in [2.45, 2.75) is 33.3 Å². The fourth-order valence-corrected chi connectivity index (χ4v) is 1.11. The van der Waals surface area contributed by atoms with Crippen LogP contribution in [0, 0.1) is 5.82 Å². The van der Waals surface area contributed by atoms with Crippen LogP contribution in [-0.4, -0.2) is 6.10 Å². The molecule has 0 unspecified atom stereocenters. The monoisotopic (exact) mass is 182 g/mol. The third-order valence-corrected chi connectivity index (χ3v) is 1.77. The Hall–Kier alpha value is -1.05. The zero-order valence-electron chi connectivity index (χ0n) is 8.30. The molecule has 1 aromatic carbocycles. The lowest BCUT2D eigenvalue weighted by molar-refractivity contribution is 0.231. The molecule has 0 heterocycles. The van der Waals surface area contributed by atoms with Gasteiger partial charge < -0.3 is 4.74 Å². The fraction of sp³-hybridized carbons (Fsp3) is 0.455. The van der Waals surface area contributed by atoms with Gasteiger partial charge in [0.25, 0.3) is 0 Å². The minimum Gasteiger partial charge on any atom is -0.488 e. The van der Waals surface area contributed by atoms with E-state index in [1.165, 1.54) is 6.07 Å². The van der Waals surface area contributed by atoms with E-state index < -0.39 is 0 Å². The highest BCUT2D eigenvalue weighted by Crippen LogP contribution is 2.20. The Kier molecular flexibility index (Phi) is 3.29. The van der Waals surface area contributed by atoms with E-state index in [1.54, 1.807) is 12.1 Å². The van der Waals surface area contributed by atoms with Gasteiger partial charge in [-0.2, -0.15) is 0 Å². The van der Waals surface area contributed by atoms with E-state index in [2.05, 4.69) is 0 Å². The summed E-state index contributed by atoms with van der Waals surface area (Å²) in [5, 5.41) is 0. The summed E-state index contributed by atoms with van der Waals surface area (Å²) in [6, 6.07) is 4.99.